The minimum Gasteiger partial charge on any atom is -0.321 e. The first-order valence-corrected chi connectivity index (χ1v) is 7.46. The zero-order chi connectivity index (χ0) is 15.9. The predicted molar refractivity (Wildman–Crippen MR) is 86.7 cm³/mol. The topological polar surface area (TPSA) is 89.6 Å². The highest BCUT2D eigenvalue weighted by molar-refractivity contribution is 6.39. The smallest absolute Gasteiger partial charge is 0.268 e. The van der Waals surface area contributed by atoms with Crippen molar-refractivity contribution in [2.24, 2.45) is 5.73 Å². The molecule has 3 N–H and O–H groups in total. The Labute approximate surface area is 135 Å². The monoisotopic (exact) mass is 337 g/mol. The SMILES string of the molecule is CCC(N)c1nc2c(Cl)ccc(Cl)c2c(=O)n1-c1ccn[nH]1. The Morgan fingerprint density at radius 3 is 2.68 bits per heavy atom. The highest BCUT2D eigenvalue weighted by atomic mass is 35.5. The van der Waals surface area contributed by atoms with Gasteiger partial charge in [0, 0.05) is 6.07 Å². The van der Waals surface area contributed by atoms with Crippen LogP contribution in [-0.2, 0) is 0 Å². The van der Waals surface area contributed by atoms with Gasteiger partial charge in [-0.3, -0.25) is 9.89 Å². The second-order valence-electron chi connectivity index (χ2n) is 4.82. The molecule has 3 rings (SSSR count). The molecule has 2 aromatic heterocycles. The van der Waals surface area contributed by atoms with E-state index in [1.807, 2.05) is 6.92 Å². The van der Waals surface area contributed by atoms with Crippen molar-refractivity contribution in [2.45, 2.75) is 19.4 Å². The van der Waals surface area contributed by atoms with Crippen molar-refractivity contribution >= 4 is 34.1 Å². The predicted octanol–water partition coefficient (Wildman–Crippen LogP) is 2.83. The summed E-state index contributed by atoms with van der Waals surface area (Å²) in [5.74, 6) is 0.891. The van der Waals surface area contributed by atoms with Gasteiger partial charge in [0.15, 0.2) is 0 Å². The number of fused-ring (bicyclic) bond motifs is 1. The van der Waals surface area contributed by atoms with Crippen LogP contribution in [0.5, 0.6) is 0 Å². The summed E-state index contributed by atoms with van der Waals surface area (Å²) in [6.07, 6.45) is 2.16. The number of aromatic nitrogens is 4. The molecule has 1 unspecified atom stereocenters. The molecule has 3 aromatic rings. The van der Waals surface area contributed by atoms with Crippen molar-refractivity contribution in [1.82, 2.24) is 19.7 Å². The average molecular weight is 338 g/mol. The van der Waals surface area contributed by atoms with E-state index in [2.05, 4.69) is 15.2 Å². The number of H-pyrrole nitrogens is 1. The first-order chi connectivity index (χ1) is 10.5. The van der Waals surface area contributed by atoms with E-state index in [1.54, 1.807) is 24.4 Å². The maximum Gasteiger partial charge on any atom is 0.268 e. The molecule has 6 nitrogen and oxygen atoms in total. The maximum atomic E-state index is 12.9. The summed E-state index contributed by atoms with van der Waals surface area (Å²) in [7, 11) is 0. The van der Waals surface area contributed by atoms with Gasteiger partial charge >= 0.3 is 0 Å². The van der Waals surface area contributed by atoms with Crippen molar-refractivity contribution in [3.8, 4) is 5.82 Å². The Hall–Kier alpha value is -1.89. The van der Waals surface area contributed by atoms with Crippen molar-refractivity contribution in [3.63, 3.8) is 0 Å². The summed E-state index contributed by atoms with van der Waals surface area (Å²) in [6.45, 7) is 1.91. The molecule has 0 aliphatic rings. The molecule has 22 heavy (non-hydrogen) atoms. The van der Waals surface area contributed by atoms with Gasteiger partial charge in [-0.2, -0.15) is 5.10 Å². The van der Waals surface area contributed by atoms with Crippen LogP contribution in [-0.4, -0.2) is 19.7 Å². The van der Waals surface area contributed by atoms with E-state index in [0.717, 1.165) is 0 Å². The number of aromatic amines is 1. The van der Waals surface area contributed by atoms with Crippen LogP contribution in [0.25, 0.3) is 16.7 Å². The largest absolute Gasteiger partial charge is 0.321 e. The molecular formula is C14H13Cl2N5O. The second-order valence-corrected chi connectivity index (χ2v) is 5.63. The first-order valence-electron chi connectivity index (χ1n) is 6.70. The lowest BCUT2D eigenvalue weighted by atomic mass is 10.2. The molecule has 114 valence electrons. The molecule has 0 spiro atoms. The summed E-state index contributed by atoms with van der Waals surface area (Å²) in [6, 6.07) is 4.43. The van der Waals surface area contributed by atoms with E-state index >= 15 is 0 Å². The number of nitrogens with two attached hydrogens (primary N) is 1. The van der Waals surface area contributed by atoms with Gasteiger partial charge in [-0.25, -0.2) is 9.55 Å². The number of benzene rings is 1. The summed E-state index contributed by atoms with van der Waals surface area (Å²) >= 11 is 12.3. The third kappa shape index (κ3) is 2.29. The maximum absolute atomic E-state index is 12.9. The Kier molecular flexibility index (Phi) is 3.90. The normalized spacial score (nSPS) is 12.7. The third-order valence-electron chi connectivity index (χ3n) is 3.45. The van der Waals surface area contributed by atoms with Crippen molar-refractivity contribution in [3.05, 3.63) is 50.6 Å². The van der Waals surface area contributed by atoms with E-state index in [0.29, 0.717) is 33.6 Å². The number of hydrogen-bond donors (Lipinski definition) is 2. The minimum absolute atomic E-state index is 0.260. The highest BCUT2D eigenvalue weighted by Crippen LogP contribution is 2.27. The van der Waals surface area contributed by atoms with Gasteiger partial charge in [0.1, 0.15) is 11.6 Å². The van der Waals surface area contributed by atoms with Gasteiger partial charge in [-0.1, -0.05) is 30.1 Å². The van der Waals surface area contributed by atoms with Crippen LogP contribution < -0.4 is 11.3 Å². The highest BCUT2D eigenvalue weighted by Gasteiger charge is 2.20. The van der Waals surface area contributed by atoms with Gasteiger partial charge in [0.25, 0.3) is 5.56 Å². The Balaban J connectivity index is 2.49. The first kappa shape index (κ1) is 15.0. The fraction of sp³-hybridized carbons (Fsp3) is 0.214. The van der Waals surface area contributed by atoms with E-state index < -0.39 is 6.04 Å². The Morgan fingerprint density at radius 1 is 1.32 bits per heavy atom. The molecule has 0 saturated carbocycles. The van der Waals surface area contributed by atoms with Gasteiger partial charge in [-0.05, 0) is 18.6 Å². The van der Waals surface area contributed by atoms with Crippen LogP contribution in [0.15, 0.2) is 29.2 Å². The van der Waals surface area contributed by atoms with E-state index in [1.165, 1.54) is 4.57 Å². The van der Waals surface area contributed by atoms with Crippen LogP contribution in [0.3, 0.4) is 0 Å². The van der Waals surface area contributed by atoms with Crippen molar-refractivity contribution in [1.29, 1.82) is 0 Å². The number of hydrogen-bond acceptors (Lipinski definition) is 4. The Morgan fingerprint density at radius 2 is 2.05 bits per heavy atom. The summed E-state index contributed by atoms with van der Waals surface area (Å²) in [4.78, 5) is 17.4. The number of nitrogens with zero attached hydrogens (tertiary/aromatic N) is 3. The average Bonchev–Trinajstić information content (AvgIpc) is 3.03. The summed E-state index contributed by atoms with van der Waals surface area (Å²) in [5.41, 5.74) is 6.14. The molecule has 0 aliphatic heterocycles. The lowest BCUT2D eigenvalue weighted by molar-refractivity contribution is 0.618. The third-order valence-corrected chi connectivity index (χ3v) is 4.07. The van der Waals surface area contributed by atoms with Gasteiger partial charge in [0.2, 0.25) is 0 Å². The summed E-state index contributed by atoms with van der Waals surface area (Å²) < 4.78 is 1.39. The quantitative estimate of drug-likeness (QED) is 0.768. The molecule has 1 aromatic carbocycles. The molecular weight excluding hydrogens is 325 g/mol. The van der Waals surface area contributed by atoms with E-state index in [-0.39, 0.29) is 10.9 Å². The van der Waals surface area contributed by atoms with Gasteiger partial charge in [-0.15, -0.1) is 0 Å². The molecule has 0 aliphatic carbocycles. The molecule has 0 amide bonds. The number of halogens is 2. The zero-order valence-corrected chi connectivity index (χ0v) is 13.2. The second kappa shape index (κ2) is 5.72. The van der Waals surface area contributed by atoms with Crippen LogP contribution in [0.2, 0.25) is 10.0 Å². The molecule has 8 heteroatoms. The van der Waals surface area contributed by atoms with Crippen LogP contribution in [0.1, 0.15) is 25.2 Å². The standard InChI is InChI=1S/C14H13Cl2N5O/c1-2-9(17)13-19-12-8(16)4-3-7(15)11(12)14(22)21(13)10-5-6-18-20-10/h3-6,9H,2,17H2,1H3,(H,18,20). The molecule has 0 saturated heterocycles. The number of nitrogens with one attached hydrogen (secondary N) is 1. The number of rotatable bonds is 3. The zero-order valence-electron chi connectivity index (χ0n) is 11.7. The van der Waals surface area contributed by atoms with Gasteiger partial charge in [0.05, 0.1) is 33.2 Å². The fourth-order valence-corrected chi connectivity index (χ4v) is 2.70. The van der Waals surface area contributed by atoms with Gasteiger partial charge < -0.3 is 5.73 Å². The fourth-order valence-electron chi connectivity index (χ4n) is 2.27. The lowest BCUT2D eigenvalue weighted by Gasteiger charge is -2.16. The Bertz CT molecular complexity index is 888. The molecule has 0 bridgehead atoms. The van der Waals surface area contributed by atoms with Crippen LogP contribution in [0, 0.1) is 0 Å². The minimum atomic E-state index is -0.421. The molecule has 2 heterocycles. The van der Waals surface area contributed by atoms with Crippen molar-refractivity contribution in [2.75, 3.05) is 0 Å². The molecule has 0 fully saturated rings. The molecule has 0 radical (unpaired) electrons. The molecule has 1 atom stereocenters. The van der Waals surface area contributed by atoms with Crippen LogP contribution in [0.4, 0.5) is 0 Å². The van der Waals surface area contributed by atoms with Crippen LogP contribution >= 0.6 is 23.2 Å². The summed E-state index contributed by atoms with van der Waals surface area (Å²) in [5, 5.41) is 7.54. The van der Waals surface area contributed by atoms with Crippen molar-refractivity contribution < 1.29 is 0 Å². The lowest BCUT2D eigenvalue weighted by Crippen LogP contribution is -2.28. The van der Waals surface area contributed by atoms with E-state index in [9.17, 15) is 4.79 Å². The van der Waals surface area contributed by atoms with E-state index in [4.69, 9.17) is 28.9 Å².